The quantitative estimate of drug-likeness (QED) is 0.797. The van der Waals surface area contributed by atoms with Crippen molar-refractivity contribution in [1.29, 1.82) is 0 Å². The topological polar surface area (TPSA) is 58.8 Å². The van der Waals surface area contributed by atoms with E-state index in [1.54, 1.807) is 0 Å². The Labute approximate surface area is 122 Å². The zero-order valence-electron chi connectivity index (χ0n) is 13.1. The highest BCUT2D eigenvalue weighted by atomic mass is 16.6. The number of rotatable bonds is 1. The molecule has 0 unspecified atom stereocenters. The monoisotopic (exact) mass is 283 g/mol. The smallest absolute Gasteiger partial charge is 0.410 e. The first-order valence-corrected chi connectivity index (χ1v) is 7.84. The van der Waals surface area contributed by atoms with Gasteiger partial charge in [-0.05, 0) is 33.6 Å². The molecule has 1 saturated carbocycles. The lowest BCUT2D eigenvalue weighted by Gasteiger charge is -2.43. The largest absolute Gasteiger partial charge is 0.444 e. The molecule has 1 saturated heterocycles. The van der Waals surface area contributed by atoms with Crippen LogP contribution in [0.3, 0.4) is 0 Å². The van der Waals surface area contributed by atoms with Crippen LogP contribution in [0.4, 0.5) is 4.79 Å². The van der Waals surface area contributed by atoms with E-state index in [0.29, 0.717) is 12.1 Å². The predicted molar refractivity (Wildman–Crippen MR) is 79.6 cm³/mol. The van der Waals surface area contributed by atoms with Crippen LogP contribution in [-0.2, 0) is 4.74 Å². The van der Waals surface area contributed by atoms with Gasteiger partial charge in [-0.15, -0.1) is 0 Å². The third kappa shape index (κ3) is 4.09. The molecule has 1 heterocycles. The van der Waals surface area contributed by atoms with E-state index < -0.39 is 5.60 Å². The molecule has 1 aliphatic heterocycles. The fourth-order valence-electron chi connectivity index (χ4n) is 3.16. The van der Waals surface area contributed by atoms with Crippen molar-refractivity contribution in [1.82, 2.24) is 9.80 Å². The van der Waals surface area contributed by atoms with E-state index >= 15 is 0 Å². The normalized spacial score (nSPS) is 29.3. The molecule has 0 aromatic heterocycles. The van der Waals surface area contributed by atoms with Gasteiger partial charge in [0, 0.05) is 38.3 Å². The van der Waals surface area contributed by atoms with Crippen molar-refractivity contribution in [3.05, 3.63) is 0 Å². The van der Waals surface area contributed by atoms with Crippen LogP contribution < -0.4 is 5.73 Å². The number of hydrogen-bond donors (Lipinski definition) is 1. The standard InChI is InChI=1S/C15H29N3O2/c1-15(2,3)20-14(19)18-10-8-17(9-11-18)13-7-5-4-6-12(13)16/h12-13H,4-11,16H2,1-3H3/t12-,13+/m0/s1. The average Bonchev–Trinajstić information content (AvgIpc) is 2.37. The summed E-state index contributed by atoms with van der Waals surface area (Å²) < 4.78 is 5.42. The van der Waals surface area contributed by atoms with Crippen LogP contribution >= 0.6 is 0 Å². The highest BCUT2D eigenvalue weighted by Crippen LogP contribution is 2.23. The number of hydrogen-bond acceptors (Lipinski definition) is 4. The Morgan fingerprint density at radius 1 is 1.10 bits per heavy atom. The van der Waals surface area contributed by atoms with Gasteiger partial charge < -0.3 is 15.4 Å². The van der Waals surface area contributed by atoms with Gasteiger partial charge in [0.1, 0.15) is 5.60 Å². The number of ether oxygens (including phenoxy) is 1. The Kier molecular flexibility index (Phi) is 4.91. The number of nitrogens with two attached hydrogens (primary N) is 1. The maximum atomic E-state index is 12.0. The van der Waals surface area contributed by atoms with E-state index in [2.05, 4.69) is 4.90 Å². The molecule has 2 atom stereocenters. The second-order valence-electron chi connectivity index (χ2n) is 7.02. The van der Waals surface area contributed by atoms with E-state index in [-0.39, 0.29) is 6.09 Å². The molecule has 2 aliphatic rings. The fourth-order valence-corrected chi connectivity index (χ4v) is 3.16. The number of amides is 1. The lowest BCUT2D eigenvalue weighted by Crippen LogP contribution is -2.57. The Morgan fingerprint density at radius 3 is 2.25 bits per heavy atom. The minimum Gasteiger partial charge on any atom is -0.444 e. The number of carbonyl (C=O) groups excluding carboxylic acids is 1. The Morgan fingerprint density at radius 2 is 1.70 bits per heavy atom. The average molecular weight is 283 g/mol. The van der Waals surface area contributed by atoms with E-state index in [1.165, 1.54) is 19.3 Å². The van der Waals surface area contributed by atoms with Crippen LogP contribution in [0.2, 0.25) is 0 Å². The molecule has 0 aromatic carbocycles. The summed E-state index contributed by atoms with van der Waals surface area (Å²) in [6.45, 7) is 9.04. The van der Waals surface area contributed by atoms with Gasteiger partial charge >= 0.3 is 6.09 Å². The summed E-state index contributed by atoms with van der Waals surface area (Å²) >= 11 is 0. The molecule has 2 rings (SSSR count). The molecular formula is C15H29N3O2. The minimum atomic E-state index is -0.417. The van der Waals surface area contributed by atoms with E-state index in [0.717, 1.165) is 32.6 Å². The minimum absolute atomic E-state index is 0.190. The first-order chi connectivity index (χ1) is 9.37. The van der Waals surface area contributed by atoms with Crippen LogP contribution in [0.1, 0.15) is 46.5 Å². The number of carbonyl (C=O) groups is 1. The van der Waals surface area contributed by atoms with Crippen molar-refractivity contribution in [3.63, 3.8) is 0 Å². The highest BCUT2D eigenvalue weighted by Gasteiger charge is 2.32. The zero-order chi connectivity index (χ0) is 14.8. The van der Waals surface area contributed by atoms with E-state index in [1.807, 2.05) is 25.7 Å². The third-order valence-corrected chi connectivity index (χ3v) is 4.22. The summed E-state index contributed by atoms with van der Waals surface area (Å²) in [5, 5.41) is 0. The summed E-state index contributed by atoms with van der Waals surface area (Å²) in [4.78, 5) is 16.3. The molecule has 1 amide bonds. The summed E-state index contributed by atoms with van der Waals surface area (Å²) in [6.07, 6.45) is 4.69. The van der Waals surface area contributed by atoms with Crippen LogP contribution in [-0.4, -0.2) is 59.8 Å². The molecule has 2 fully saturated rings. The van der Waals surface area contributed by atoms with Gasteiger partial charge in [0.05, 0.1) is 0 Å². The molecule has 0 spiro atoms. The third-order valence-electron chi connectivity index (χ3n) is 4.22. The van der Waals surface area contributed by atoms with Crippen molar-refractivity contribution in [2.24, 2.45) is 5.73 Å². The Balaban J connectivity index is 1.81. The molecule has 116 valence electrons. The zero-order valence-corrected chi connectivity index (χ0v) is 13.1. The second-order valence-corrected chi connectivity index (χ2v) is 7.02. The molecule has 20 heavy (non-hydrogen) atoms. The molecule has 0 bridgehead atoms. The maximum absolute atomic E-state index is 12.0. The van der Waals surface area contributed by atoms with Crippen molar-refractivity contribution < 1.29 is 9.53 Å². The van der Waals surface area contributed by atoms with Crippen LogP contribution in [0.25, 0.3) is 0 Å². The van der Waals surface area contributed by atoms with Crippen LogP contribution in [0.15, 0.2) is 0 Å². The van der Waals surface area contributed by atoms with Gasteiger partial charge in [0.15, 0.2) is 0 Å². The predicted octanol–water partition coefficient (Wildman–Crippen LogP) is 1.81. The molecule has 1 aliphatic carbocycles. The van der Waals surface area contributed by atoms with Gasteiger partial charge in [0.25, 0.3) is 0 Å². The van der Waals surface area contributed by atoms with E-state index in [9.17, 15) is 4.79 Å². The highest BCUT2D eigenvalue weighted by molar-refractivity contribution is 5.68. The molecule has 0 radical (unpaired) electrons. The molecule has 0 aromatic rings. The van der Waals surface area contributed by atoms with Gasteiger partial charge in [-0.3, -0.25) is 4.90 Å². The Hall–Kier alpha value is -0.810. The summed E-state index contributed by atoms with van der Waals surface area (Å²) in [7, 11) is 0. The van der Waals surface area contributed by atoms with Crippen molar-refractivity contribution >= 4 is 6.09 Å². The van der Waals surface area contributed by atoms with Gasteiger partial charge in [-0.25, -0.2) is 4.79 Å². The molecule has 5 heteroatoms. The lowest BCUT2D eigenvalue weighted by atomic mass is 9.89. The SMILES string of the molecule is CC(C)(C)OC(=O)N1CCN([C@@H]2CCCC[C@@H]2N)CC1. The fraction of sp³-hybridized carbons (Fsp3) is 0.933. The van der Waals surface area contributed by atoms with Crippen molar-refractivity contribution in [2.45, 2.75) is 64.1 Å². The van der Waals surface area contributed by atoms with Crippen LogP contribution in [0.5, 0.6) is 0 Å². The van der Waals surface area contributed by atoms with Gasteiger partial charge in [-0.1, -0.05) is 12.8 Å². The Bertz CT molecular complexity index is 333. The van der Waals surface area contributed by atoms with Crippen molar-refractivity contribution in [3.8, 4) is 0 Å². The first kappa shape index (κ1) is 15.6. The summed E-state index contributed by atoms with van der Waals surface area (Å²) in [5.41, 5.74) is 5.82. The molecule has 5 nitrogen and oxygen atoms in total. The summed E-state index contributed by atoms with van der Waals surface area (Å²) in [6, 6.07) is 0.807. The number of nitrogens with zero attached hydrogens (tertiary/aromatic N) is 2. The van der Waals surface area contributed by atoms with Crippen molar-refractivity contribution in [2.75, 3.05) is 26.2 Å². The lowest BCUT2D eigenvalue weighted by molar-refractivity contribution is 0.00686. The first-order valence-electron chi connectivity index (χ1n) is 7.84. The molecular weight excluding hydrogens is 254 g/mol. The van der Waals surface area contributed by atoms with E-state index in [4.69, 9.17) is 10.5 Å². The van der Waals surface area contributed by atoms with Gasteiger partial charge in [-0.2, -0.15) is 0 Å². The molecule has 2 N–H and O–H groups in total. The summed E-state index contributed by atoms with van der Waals surface area (Å²) in [5.74, 6) is 0. The van der Waals surface area contributed by atoms with Gasteiger partial charge in [0.2, 0.25) is 0 Å². The number of piperazine rings is 1. The maximum Gasteiger partial charge on any atom is 0.410 e. The van der Waals surface area contributed by atoms with Crippen LogP contribution in [0, 0.1) is 0 Å². The second kappa shape index (κ2) is 6.31.